The maximum absolute atomic E-state index is 11.4. The number of nitro groups is 1. The van der Waals surface area contributed by atoms with E-state index in [0.717, 1.165) is 38.3 Å². The first-order valence-electron chi connectivity index (χ1n) is 8.10. The molecule has 2 aromatic carbocycles. The third kappa shape index (κ3) is 4.41. The molecule has 25 heavy (non-hydrogen) atoms. The topological polar surface area (TPSA) is 75.6 Å². The number of nitrogens with zero attached hydrogens (tertiary/aromatic N) is 3. The van der Waals surface area contributed by atoms with Crippen LogP contribution in [-0.2, 0) is 6.54 Å². The average molecular weight is 363 g/mol. The quantitative estimate of drug-likeness (QED) is 0.513. The van der Waals surface area contributed by atoms with E-state index in [1.807, 2.05) is 18.2 Å². The van der Waals surface area contributed by atoms with Crippen LogP contribution in [0.1, 0.15) is 11.1 Å². The molecular formula is C18H23ClN4O2. The van der Waals surface area contributed by atoms with Crippen molar-refractivity contribution in [2.75, 3.05) is 36.8 Å². The molecule has 2 N–H and O–H groups in total. The number of anilines is 2. The molecule has 0 spiro atoms. The number of halogens is 1. The van der Waals surface area contributed by atoms with E-state index < -0.39 is 0 Å². The van der Waals surface area contributed by atoms with Gasteiger partial charge in [-0.1, -0.05) is 30.3 Å². The molecule has 0 atom stereocenters. The zero-order valence-electron chi connectivity index (χ0n) is 14.2. The number of piperazine rings is 1. The lowest BCUT2D eigenvalue weighted by atomic mass is 10.1. The fraction of sp³-hybridized carbons (Fsp3) is 0.333. The van der Waals surface area contributed by atoms with Gasteiger partial charge in [0.15, 0.2) is 0 Å². The van der Waals surface area contributed by atoms with E-state index in [0.29, 0.717) is 11.4 Å². The Morgan fingerprint density at radius 3 is 2.36 bits per heavy atom. The summed E-state index contributed by atoms with van der Waals surface area (Å²) in [4.78, 5) is 15.5. The van der Waals surface area contributed by atoms with Gasteiger partial charge in [-0.3, -0.25) is 15.0 Å². The summed E-state index contributed by atoms with van der Waals surface area (Å²) < 4.78 is 0. The van der Waals surface area contributed by atoms with Crippen LogP contribution in [0.25, 0.3) is 0 Å². The largest absolute Gasteiger partial charge is 0.398 e. The second-order valence-corrected chi connectivity index (χ2v) is 6.20. The minimum absolute atomic E-state index is 0. The predicted molar refractivity (Wildman–Crippen MR) is 103 cm³/mol. The summed E-state index contributed by atoms with van der Waals surface area (Å²) in [6.45, 7) is 5.97. The van der Waals surface area contributed by atoms with Crippen LogP contribution in [0.15, 0.2) is 42.5 Å². The highest BCUT2D eigenvalue weighted by molar-refractivity contribution is 5.85. The van der Waals surface area contributed by atoms with E-state index >= 15 is 0 Å². The molecule has 1 saturated heterocycles. The van der Waals surface area contributed by atoms with Crippen LogP contribution in [0, 0.1) is 17.0 Å². The Labute approximate surface area is 153 Å². The van der Waals surface area contributed by atoms with Crippen molar-refractivity contribution in [2.24, 2.45) is 0 Å². The molecule has 0 saturated carbocycles. The zero-order chi connectivity index (χ0) is 17.1. The number of rotatable bonds is 4. The summed E-state index contributed by atoms with van der Waals surface area (Å²) >= 11 is 0. The molecule has 0 unspecified atom stereocenters. The molecule has 2 aromatic rings. The highest BCUT2D eigenvalue weighted by Gasteiger charge is 2.24. The number of benzene rings is 2. The van der Waals surface area contributed by atoms with Crippen LogP contribution in [-0.4, -0.2) is 36.0 Å². The van der Waals surface area contributed by atoms with Crippen molar-refractivity contribution >= 4 is 29.5 Å². The molecule has 0 aliphatic carbocycles. The van der Waals surface area contributed by atoms with Gasteiger partial charge < -0.3 is 10.6 Å². The monoisotopic (exact) mass is 362 g/mol. The van der Waals surface area contributed by atoms with Crippen molar-refractivity contribution in [2.45, 2.75) is 13.5 Å². The number of hydrogen-bond acceptors (Lipinski definition) is 5. The fourth-order valence-corrected chi connectivity index (χ4v) is 3.09. The molecule has 3 rings (SSSR count). The van der Waals surface area contributed by atoms with E-state index in [-0.39, 0.29) is 23.0 Å². The Bertz CT molecular complexity index is 731. The van der Waals surface area contributed by atoms with Gasteiger partial charge in [0, 0.05) is 44.5 Å². The number of aryl methyl sites for hydroxylation is 1. The lowest BCUT2D eigenvalue weighted by molar-refractivity contribution is -0.384. The minimum atomic E-state index is -0.321. The van der Waals surface area contributed by atoms with Gasteiger partial charge in [0.1, 0.15) is 5.69 Å². The smallest absolute Gasteiger partial charge is 0.292 e. The van der Waals surface area contributed by atoms with Crippen LogP contribution in [0.4, 0.5) is 17.1 Å². The third-order valence-corrected chi connectivity index (χ3v) is 4.52. The fourth-order valence-electron chi connectivity index (χ4n) is 3.09. The molecule has 1 fully saturated rings. The Kier molecular flexibility index (Phi) is 6.22. The second-order valence-electron chi connectivity index (χ2n) is 6.20. The average Bonchev–Trinajstić information content (AvgIpc) is 2.58. The third-order valence-electron chi connectivity index (χ3n) is 4.52. The Morgan fingerprint density at radius 2 is 1.76 bits per heavy atom. The SMILES string of the molecule is Cc1cc([N+](=O)[O-])c(N2CCN(Cc3ccccc3)CC2)cc1N.Cl. The number of nitrogen functional groups attached to an aromatic ring is 1. The van der Waals surface area contributed by atoms with Crippen LogP contribution in [0.5, 0.6) is 0 Å². The molecule has 1 aliphatic rings. The van der Waals surface area contributed by atoms with Gasteiger partial charge >= 0.3 is 0 Å². The Balaban J connectivity index is 0.00000225. The highest BCUT2D eigenvalue weighted by Crippen LogP contribution is 2.33. The first kappa shape index (κ1) is 19.0. The van der Waals surface area contributed by atoms with Gasteiger partial charge in [-0.05, 0) is 24.1 Å². The maximum Gasteiger partial charge on any atom is 0.292 e. The molecule has 7 heteroatoms. The molecule has 134 valence electrons. The first-order valence-corrected chi connectivity index (χ1v) is 8.10. The van der Waals surface area contributed by atoms with Gasteiger partial charge in [-0.15, -0.1) is 12.4 Å². The summed E-state index contributed by atoms with van der Waals surface area (Å²) in [7, 11) is 0. The molecule has 1 aliphatic heterocycles. The van der Waals surface area contributed by atoms with Crippen LogP contribution in [0.3, 0.4) is 0 Å². The van der Waals surface area contributed by atoms with E-state index in [4.69, 9.17) is 5.73 Å². The lowest BCUT2D eigenvalue weighted by Gasteiger charge is -2.36. The molecule has 0 radical (unpaired) electrons. The van der Waals surface area contributed by atoms with E-state index in [2.05, 4.69) is 21.9 Å². The van der Waals surface area contributed by atoms with Crippen LogP contribution < -0.4 is 10.6 Å². The normalized spacial score (nSPS) is 14.8. The van der Waals surface area contributed by atoms with E-state index in [1.54, 1.807) is 19.1 Å². The molecule has 6 nitrogen and oxygen atoms in total. The van der Waals surface area contributed by atoms with Crippen molar-refractivity contribution in [3.63, 3.8) is 0 Å². The summed E-state index contributed by atoms with van der Waals surface area (Å²) in [5.41, 5.74) is 9.36. The molecule has 0 aromatic heterocycles. The van der Waals surface area contributed by atoms with Gasteiger partial charge in [-0.25, -0.2) is 0 Å². The number of nitro benzene ring substituents is 1. The van der Waals surface area contributed by atoms with Crippen molar-refractivity contribution < 1.29 is 4.92 Å². The maximum atomic E-state index is 11.4. The number of nitrogens with two attached hydrogens (primary N) is 1. The van der Waals surface area contributed by atoms with Crippen molar-refractivity contribution in [3.8, 4) is 0 Å². The van der Waals surface area contributed by atoms with Gasteiger partial charge in [0.2, 0.25) is 0 Å². The van der Waals surface area contributed by atoms with Gasteiger partial charge in [0.25, 0.3) is 5.69 Å². The van der Waals surface area contributed by atoms with Gasteiger partial charge in [-0.2, -0.15) is 0 Å². The van der Waals surface area contributed by atoms with Crippen molar-refractivity contribution in [1.29, 1.82) is 0 Å². The highest BCUT2D eigenvalue weighted by atomic mass is 35.5. The van der Waals surface area contributed by atoms with Crippen LogP contribution >= 0.6 is 12.4 Å². The van der Waals surface area contributed by atoms with E-state index in [1.165, 1.54) is 5.56 Å². The first-order chi connectivity index (χ1) is 11.5. The number of hydrogen-bond donors (Lipinski definition) is 1. The standard InChI is InChI=1S/C18H22N4O2.ClH/c1-14-11-18(22(23)24)17(12-16(14)19)21-9-7-20(8-10-21)13-15-5-3-2-4-6-15;/h2-6,11-12H,7-10,13,19H2,1H3;1H. The zero-order valence-corrected chi connectivity index (χ0v) is 15.0. The Hall–Kier alpha value is -2.31. The van der Waals surface area contributed by atoms with Gasteiger partial charge in [0.05, 0.1) is 4.92 Å². The summed E-state index contributed by atoms with van der Waals surface area (Å²) in [6.07, 6.45) is 0. The van der Waals surface area contributed by atoms with Crippen LogP contribution in [0.2, 0.25) is 0 Å². The predicted octanol–water partition coefficient (Wildman–Crippen LogP) is 3.23. The van der Waals surface area contributed by atoms with Crippen molar-refractivity contribution in [1.82, 2.24) is 4.90 Å². The molecule has 0 bridgehead atoms. The molecular weight excluding hydrogens is 340 g/mol. The minimum Gasteiger partial charge on any atom is -0.398 e. The second kappa shape index (κ2) is 8.18. The summed E-state index contributed by atoms with van der Waals surface area (Å²) in [5, 5.41) is 11.4. The van der Waals surface area contributed by atoms with E-state index in [9.17, 15) is 10.1 Å². The Morgan fingerprint density at radius 1 is 1.12 bits per heavy atom. The summed E-state index contributed by atoms with van der Waals surface area (Å²) in [5.74, 6) is 0. The molecule has 0 amide bonds. The van der Waals surface area contributed by atoms with Crippen molar-refractivity contribution in [3.05, 3.63) is 63.7 Å². The summed E-state index contributed by atoms with van der Waals surface area (Å²) in [6, 6.07) is 13.7. The lowest BCUT2D eigenvalue weighted by Crippen LogP contribution is -2.46. The molecule has 1 heterocycles.